The highest BCUT2D eigenvalue weighted by Gasteiger charge is 2.42. The molecule has 5 heteroatoms. The number of rotatable bonds is 4. The molecule has 0 amide bonds. The standard InChI is InChI=1S/C16H19FO3S/c17-13-1-3-14(4-2-13)21-10-15(18)12-5-7-20-16(9-12)6-8-19-11-16/h1-4,12H,5-11H2. The molecule has 0 aromatic heterocycles. The van der Waals surface area contributed by atoms with Crippen LogP contribution >= 0.6 is 11.8 Å². The molecule has 1 aromatic carbocycles. The molecule has 21 heavy (non-hydrogen) atoms. The third-order valence-corrected chi connectivity index (χ3v) is 5.24. The molecule has 2 aliphatic rings. The molecule has 3 rings (SSSR count). The van der Waals surface area contributed by atoms with Gasteiger partial charge in [0.25, 0.3) is 0 Å². The summed E-state index contributed by atoms with van der Waals surface area (Å²) in [4.78, 5) is 13.3. The zero-order valence-corrected chi connectivity index (χ0v) is 12.7. The highest BCUT2D eigenvalue weighted by Crippen LogP contribution is 2.36. The van der Waals surface area contributed by atoms with Crippen molar-refractivity contribution >= 4 is 17.5 Å². The Labute approximate surface area is 128 Å². The minimum Gasteiger partial charge on any atom is -0.378 e. The SMILES string of the molecule is O=C(CSc1ccc(F)cc1)C1CCOC2(CCOC2)C1. The van der Waals surface area contributed by atoms with Crippen LogP contribution in [0.4, 0.5) is 4.39 Å². The predicted molar refractivity (Wildman–Crippen MR) is 79.0 cm³/mol. The average Bonchev–Trinajstić information content (AvgIpc) is 2.94. The third kappa shape index (κ3) is 3.65. The largest absolute Gasteiger partial charge is 0.378 e. The first-order chi connectivity index (χ1) is 10.2. The van der Waals surface area contributed by atoms with Gasteiger partial charge in [0.15, 0.2) is 0 Å². The van der Waals surface area contributed by atoms with Gasteiger partial charge in [0, 0.05) is 30.4 Å². The molecule has 114 valence electrons. The Bertz CT molecular complexity index is 497. The Hall–Kier alpha value is -0.910. The van der Waals surface area contributed by atoms with Gasteiger partial charge >= 0.3 is 0 Å². The van der Waals surface area contributed by atoms with Crippen molar-refractivity contribution in [2.45, 2.75) is 29.8 Å². The van der Waals surface area contributed by atoms with E-state index in [1.54, 1.807) is 12.1 Å². The first-order valence-corrected chi connectivity index (χ1v) is 8.28. The Morgan fingerprint density at radius 2 is 2.14 bits per heavy atom. The van der Waals surface area contributed by atoms with Crippen LogP contribution in [0.15, 0.2) is 29.2 Å². The number of ether oxygens (including phenoxy) is 2. The number of benzene rings is 1. The second kappa shape index (κ2) is 6.46. The molecule has 1 aromatic rings. The van der Waals surface area contributed by atoms with Crippen LogP contribution in [-0.2, 0) is 14.3 Å². The summed E-state index contributed by atoms with van der Waals surface area (Å²) in [6.45, 7) is 1.98. The van der Waals surface area contributed by atoms with Crippen molar-refractivity contribution in [2.75, 3.05) is 25.6 Å². The molecule has 2 fully saturated rings. The normalized spacial score (nSPS) is 28.9. The Balaban J connectivity index is 1.54. The van der Waals surface area contributed by atoms with Crippen molar-refractivity contribution in [1.82, 2.24) is 0 Å². The number of hydrogen-bond acceptors (Lipinski definition) is 4. The maximum atomic E-state index is 12.8. The molecule has 2 atom stereocenters. The fourth-order valence-electron chi connectivity index (χ4n) is 2.97. The molecule has 0 radical (unpaired) electrons. The van der Waals surface area contributed by atoms with Crippen LogP contribution in [-0.4, -0.2) is 37.0 Å². The number of halogens is 1. The van der Waals surface area contributed by atoms with Gasteiger partial charge < -0.3 is 9.47 Å². The number of ketones is 1. The highest BCUT2D eigenvalue weighted by atomic mass is 32.2. The molecular formula is C16H19FO3S. The van der Waals surface area contributed by atoms with Crippen molar-refractivity contribution in [3.8, 4) is 0 Å². The third-order valence-electron chi connectivity index (χ3n) is 4.21. The van der Waals surface area contributed by atoms with E-state index in [0.717, 1.165) is 30.8 Å². The van der Waals surface area contributed by atoms with E-state index >= 15 is 0 Å². The van der Waals surface area contributed by atoms with E-state index in [1.807, 2.05) is 0 Å². The smallest absolute Gasteiger partial charge is 0.146 e. The lowest BCUT2D eigenvalue weighted by Crippen LogP contribution is -2.42. The summed E-state index contributed by atoms with van der Waals surface area (Å²) in [6, 6.07) is 6.27. The van der Waals surface area contributed by atoms with Crippen LogP contribution in [0.1, 0.15) is 19.3 Å². The molecule has 2 saturated heterocycles. The second-order valence-electron chi connectivity index (χ2n) is 5.73. The summed E-state index contributed by atoms with van der Waals surface area (Å²) in [7, 11) is 0. The summed E-state index contributed by atoms with van der Waals surface area (Å²) < 4.78 is 24.1. The second-order valence-corrected chi connectivity index (χ2v) is 6.78. The summed E-state index contributed by atoms with van der Waals surface area (Å²) in [5.41, 5.74) is -0.223. The van der Waals surface area contributed by atoms with E-state index in [9.17, 15) is 9.18 Å². The van der Waals surface area contributed by atoms with Gasteiger partial charge in [-0.15, -0.1) is 11.8 Å². The molecular weight excluding hydrogens is 291 g/mol. The average molecular weight is 310 g/mol. The van der Waals surface area contributed by atoms with Gasteiger partial charge in [0.1, 0.15) is 11.6 Å². The summed E-state index contributed by atoms with van der Waals surface area (Å²) >= 11 is 1.47. The van der Waals surface area contributed by atoms with Crippen LogP contribution in [0.5, 0.6) is 0 Å². The van der Waals surface area contributed by atoms with Crippen LogP contribution < -0.4 is 0 Å². The van der Waals surface area contributed by atoms with Crippen LogP contribution in [0.3, 0.4) is 0 Å². The van der Waals surface area contributed by atoms with Gasteiger partial charge in [-0.2, -0.15) is 0 Å². The molecule has 0 saturated carbocycles. The molecule has 0 N–H and O–H groups in total. The molecule has 3 nitrogen and oxygen atoms in total. The van der Waals surface area contributed by atoms with E-state index < -0.39 is 0 Å². The van der Waals surface area contributed by atoms with Crippen molar-refractivity contribution in [3.05, 3.63) is 30.1 Å². The minimum atomic E-state index is -0.252. The van der Waals surface area contributed by atoms with E-state index in [-0.39, 0.29) is 23.1 Å². The van der Waals surface area contributed by atoms with Gasteiger partial charge in [-0.05, 0) is 37.1 Å². The summed E-state index contributed by atoms with van der Waals surface area (Å²) in [5.74, 6) is 0.512. The fourth-order valence-corrected chi connectivity index (χ4v) is 3.84. The number of Topliss-reactive ketones (excluding diaryl/α,β-unsaturated/α-hetero) is 1. The van der Waals surface area contributed by atoms with Gasteiger partial charge in [0.2, 0.25) is 0 Å². The molecule has 0 aliphatic carbocycles. The first kappa shape index (κ1) is 15.0. The zero-order chi connectivity index (χ0) is 14.7. The monoisotopic (exact) mass is 310 g/mol. The number of thioether (sulfide) groups is 1. The molecule has 2 heterocycles. The maximum absolute atomic E-state index is 12.8. The molecule has 0 bridgehead atoms. The van der Waals surface area contributed by atoms with E-state index in [4.69, 9.17) is 9.47 Å². The van der Waals surface area contributed by atoms with Crippen molar-refractivity contribution < 1.29 is 18.7 Å². The van der Waals surface area contributed by atoms with E-state index in [0.29, 0.717) is 19.0 Å². The van der Waals surface area contributed by atoms with Crippen LogP contribution in [0.2, 0.25) is 0 Å². The van der Waals surface area contributed by atoms with Crippen molar-refractivity contribution in [1.29, 1.82) is 0 Å². The van der Waals surface area contributed by atoms with Gasteiger partial charge in [-0.25, -0.2) is 4.39 Å². The van der Waals surface area contributed by atoms with Crippen molar-refractivity contribution in [2.24, 2.45) is 5.92 Å². The summed E-state index contributed by atoms with van der Waals surface area (Å²) in [6.07, 6.45) is 2.46. The van der Waals surface area contributed by atoms with Gasteiger partial charge in [-0.3, -0.25) is 4.79 Å². The Kier molecular flexibility index (Phi) is 4.62. The quantitative estimate of drug-likeness (QED) is 0.801. The van der Waals surface area contributed by atoms with E-state index in [2.05, 4.69) is 0 Å². The zero-order valence-electron chi connectivity index (χ0n) is 11.8. The van der Waals surface area contributed by atoms with Crippen LogP contribution in [0, 0.1) is 11.7 Å². The maximum Gasteiger partial charge on any atom is 0.146 e. The van der Waals surface area contributed by atoms with Crippen molar-refractivity contribution in [3.63, 3.8) is 0 Å². The minimum absolute atomic E-state index is 0.0633. The Morgan fingerprint density at radius 1 is 1.33 bits per heavy atom. The highest BCUT2D eigenvalue weighted by molar-refractivity contribution is 8.00. The lowest BCUT2D eigenvalue weighted by Gasteiger charge is -2.36. The number of carbonyl (C=O) groups is 1. The van der Waals surface area contributed by atoms with Gasteiger partial charge in [0.05, 0.1) is 18.0 Å². The molecule has 2 aliphatic heterocycles. The molecule has 1 spiro atoms. The van der Waals surface area contributed by atoms with E-state index in [1.165, 1.54) is 23.9 Å². The Morgan fingerprint density at radius 3 is 2.86 bits per heavy atom. The van der Waals surface area contributed by atoms with Gasteiger partial charge in [-0.1, -0.05) is 0 Å². The first-order valence-electron chi connectivity index (χ1n) is 7.30. The van der Waals surface area contributed by atoms with Crippen LogP contribution in [0.25, 0.3) is 0 Å². The molecule has 2 unspecified atom stereocenters. The lowest BCUT2D eigenvalue weighted by atomic mass is 9.83. The topological polar surface area (TPSA) is 35.5 Å². The summed E-state index contributed by atoms with van der Waals surface area (Å²) in [5, 5.41) is 0. The lowest BCUT2D eigenvalue weighted by molar-refractivity contribution is -0.134. The fraction of sp³-hybridized carbons (Fsp3) is 0.562. The number of carbonyl (C=O) groups excluding carboxylic acids is 1. The number of hydrogen-bond donors (Lipinski definition) is 0. The predicted octanol–water partition coefficient (Wildman–Crippen LogP) is 3.07.